The van der Waals surface area contributed by atoms with Crippen molar-refractivity contribution in [2.75, 3.05) is 20.8 Å². The molecule has 0 saturated carbocycles. The number of esters is 1. The van der Waals surface area contributed by atoms with Crippen LogP contribution in [-0.2, 0) is 26.1 Å². The predicted octanol–water partition coefficient (Wildman–Crippen LogP) is 4.16. The second kappa shape index (κ2) is 9.57. The highest BCUT2D eigenvalue weighted by molar-refractivity contribution is 9.10. The monoisotopic (exact) mass is 525 g/mol. The molecule has 0 radical (unpaired) electrons. The maximum atomic E-state index is 12.7. The Labute approximate surface area is 192 Å². The van der Waals surface area contributed by atoms with Crippen molar-refractivity contribution >= 4 is 48.5 Å². The van der Waals surface area contributed by atoms with E-state index < -0.39 is 21.9 Å². The highest BCUT2D eigenvalue weighted by Crippen LogP contribution is 2.40. The molecule has 0 aliphatic heterocycles. The number of ether oxygens (including phenoxy) is 3. The van der Waals surface area contributed by atoms with E-state index in [-0.39, 0.29) is 29.5 Å². The van der Waals surface area contributed by atoms with Crippen LogP contribution in [0.1, 0.15) is 6.92 Å². The predicted molar refractivity (Wildman–Crippen MR) is 119 cm³/mol. The van der Waals surface area contributed by atoms with Crippen LogP contribution in [0.2, 0.25) is 0 Å². The normalized spacial score (nSPS) is 11.8. The lowest BCUT2D eigenvalue weighted by molar-refractivity contribution is -0.143. The molecule has 170 valence electrons. The van der Waals surface area contributed by atoms with Crippen molar-refractivity contribution in [1.82, 2.24) is 4.57 Å². The molecule has 0 fully saturated rings. The lowest BCUT2D eigenvalue weighted by atomic mass is 10.2. The number of carbonyl (C=O) groups excluding carboxylic acids is 1. The van der Waals surface area contributed by atoms with Gasteiger partial charge in [-0.15, -0.1) is 5.11 Å². The van der Waals surface area contributed by atoms with Gasteiger partial charge in [0.1, 0.15) is 6.54 Å². The van der Waals surface area contributed by atoms with Crippen LogP contribution in [0.5, 0.6) is 17.4 Å². The highest BCUT2D eigenvalue weighted by Gasteiger charge is 2.22. The molecular formula is C20H20BrN3O7S. The Morgan fingerprint density at radius 2 is 1.84 bits per heavy atom. The number of sulfonamides is 1. The minimum Gasteiger partial charge on any atom is -0.493 e. The zero-order valence-electron chi connectivity index (χ0n) is 17.4. The van der Waals surface area contributed by atoms with Gasteiger partial charge < -0.3 is 19.3 Å². The fraction of sp³-hybridized carbons (Fsp3) is 0.250. The van der Waals surface area contributed by atoms with Gasteiger partial charge in [-0.1, -0.05) is 20.4 Å². The molecular weight excluding hydrogens is 506 g/mol. The molecule has 3 aromatic rings. The van der Waals surface area contributed by atoms with Crippen LogP contribution >= 0.6 is 15.9 Å². The van der Waals surface area contributed by atoms with E-state index in [1.807, 2.05) is 0 Å². The summed E-state index contributed by atoms with van der Waals surface area (Å²) >= 11 is 3.33. The molecule has 1 aromatic heterocycles. The van der Waals surface area contributed by atoms with Crippen LogP contribution in [0.25, 0.3) is 10.9 Å². The quantitative estimate of drug-likeness (QED) is 0.345. The van der Waals surface area contributed by atoms with Gasteiger partial charge in [0.2, 0.25) is 5.88 Å². The zero-order chi connectivity index (χ0) is 23.5. The van der Waals surface area contributed by atoms with E-state index >= 15 is 0 Å². The summed E-state index contributed by atoms with van der Waals surface area (Å²) in [4.78, 5) is 11.8. The third kappa shape index (κ3) is 4.70. The summed E-state index contributed by atoms with van der Waals surface area (Å²) in [6.07, 6.45) is 0. The van der Waals surface area contributed by atoms with E-state index in [0.29, 0.717) is 21.1 Å². The number of hydrogen-bond donors (Lipinski definition) is 1. The van der Waals surface area contributed by atoms with Crippen molar-refractivity contribution in [2.24, 2.45) is 9.63 Å². The molecule has 3 rings (SSSR count). The first-order valence-corrected chi connectivity index (χ1v) is 11.5. The van der Waals surface area contributed by atoms with Gasteiger partial charge in [-0.3, -0.25) is 9.36 Å². The third-order valence-electron chi connectivity index (χ3n) is 4.47. The minimum atomic E-state index is -4.23. The van der Waals surface area contributed by atoms with Gasteiger partial charge in [0.05, 0.1) is 31.2 Å². The Morgan fingerprint density at radius 3 is 2.50 bits per heavy atom. The van der Waals surface area contributed by atoms with Gasteiger partial charge in [-0.05, 0) is 37.3 Å². The summed E-state index contributed by atoms with van der Waals surface area (Å²) < 4.78 is 46.1. The van der Waals surface area contributed by atoms with Crippen LogP contribution < -0.4 is 9.47 Å². The molecule has 0 amide bonds. The van der Waals surface area contributed by atoms with E-state index in [9.17, 15) is 18.3 Å². The van der Waals surface area contributed by atoms with Crippen LogP contribution in [0.15, 0.2) is 55.4 Å². The molecule has 32 heavy (non-hydrogen) atoms. The van der Waals surface area contributed by atoms with Gasteiger partial charge >= 0.3 is 5.97 Å². The van der Waals surface area contributed by atoms with Crippen LogP contribution in [0.4, 0.5) is 5.69 Å². The number of hydrogen-bond acceptors (Lipinski definition) is 8. The minimum absolute atomic E-state index is 0.102. The Bertz CT molecular complexity index is 1300. The Morgan fingerprint density at radius 1 is 1.12 bits per heavy atom. The average Bonchev–Trinajstić information content (AvgIpc) is 3.02. The van der Waals surface area contributed by atoms with Crippen LogP contribution in [0, 0.1) is 0 Å². The molecule has 0 aliphatic carbocycles. The lowest BCUT2D eigenvalue weighted by Crippen LogP contribution is -2.12. The van der Waals surface area contributed by atoms with Gasteiger partial charge in [-0.25, -0.2) is 0 Å². The summed E-state index contributed by atoms with van der Waals surface area (Å²) in [6.45, 7) is 1.57. The molecule has 0 aliphatic rings. The van der Waals surface area contributed by atoms with E-state index in [1.54, 1.807) is 25.1 Å². The summed E-state index contributed by atoms with van der Waals surface area (Å²) in [5.41, 5.74) is 0.353. The molecule has 1 N–H and O–H groups in total. The Kier molecular flexibility index (Phi) is 7.04. The molecule has 0 unspecified atom stereocenters. The lowest BCUT2D eigenvalue weighted by Gasteiger charge is -2.08. The number of nitrogens with zero attached hydrogens (tertiary/aromatic N) is 3. The van der Waals surface area contributed by atoms with Crippen molar-refractivity contribution in [2.45, 2.75) is 18.4 Å². The first-order chi connectivity index (χ1) is 15.2. The number of benzene rings is 2. The standard InChI is InChI=1S/C20H20BrN3O7S/c1-4-31-18(25)11-24-15-7-5-12(21)9-14(15)19(20(24)26)22-23-32(27,28)13-6-8-16(29-2)17(10-13)30-3/h5-10,26H,4,11H2,1-3H3. The molecule has 0 atom stereocenters. The molecule has 10 nitrogen and oxygen atoms in total. The van der Waals surface area contributed by atoms with Crippen molar-refractivity contribution in [3.63, 3.8) is 0 Å². The Balaban J connectivity index is 2.07. The van der Waals surface area contributed by atoms with Gasteiger partial charge in [0.15, 0.2) is 17.2 Å². The van der Waals surface area contributed by atoms with Gasteiger partial charge in [-0.2, -0.15) is 8.42 Å². The van der Waals surface area contributed by atoms with E-state index in [1.165, 1.54) is 37.0 Å². The smallest absolute Gasteiger partial charge is 0.326 e. The number of aromatic nitrogens is 1. The SMILES string of the molecule is CCOC(=O)Cn1c(O)c(N=NS(=O)(=O)c2ccc(OC)c(OC)c2)c2cc(Br)ccc21. The van der Waals surface area contributed by atoms with E-state index in [2.05, 4.69) is 25.6 Å². The topological polar surface area (TPSA) is 129 Å². The number of methoxy groups -OCH3 is 2. The number of fused-ring (bicyclic) bond motifs is 1. The Hall–Kier alpha value is -3.12. The van der Waals surface area contributed by atoms with Crippen molar-refractivity contribution in [1.29, 1.82) is 0 Å². The number of aromatic hydroxyl groups is 1. The molecule has 12 heteroatoms. The highest BCUT2D eigenvalue weighted by atomic mass is 79.9. The van der Waals surface area contributed by atoms with Crippen molar-refractivity contribution < 1.29 is 32.5 Å². The average molecular weight is 526 g/mol. The zero-order valence-corrected chi connectivity index (χ0v) is 19.8. The summed E-state index contributed by atoms with van der Waals surface area (Å²) in [5, 5.41) is 14.9. The summed E-state index contributed by atoms with van der Waals surface area (Å²) in [6, 6.07) is 8.99. The number of rotatable bonds is 8. The summed E-state index contributed by atoms with van der Waals surface area (Å²) in [7, 11) is -1.43. The van der Waals surface area contributed by atoms with Crippen LogP contribution in [-0.4, -0.2) is 44.9 Å². The molecule has 2 aromatic carbocycles. The molecule has 0 saturated heterocycles. The largest absolute Gasteiger partial charge is 0.493 e. The first kappa shape index (κ1) is 23.5. The maximum Gasteiger partial charge on any atom is 0.326 e. The fourth-order valence-corrected chi connectivity index (χ4v) is 4.15. The molecule has 0 bridgehead atoms. The second-order valence-electron chi connectivity index (χ2n) is 6.40. The fourth-order valence-electron chi connectivity index (χ4n) is 3.01. The van der Waals surface area contributed by atoms with Gasteiger partial charge in [0, 0.05) is 15.9 Å². The number of halogens is 1. The first-order valence-electron chi connectivity index (χ1n) is 9.28. The van der Waals surface area contributed by atoms with Crippen molar-refractivity contribution in [3.05, 3.63) is 40.9 Å². The van der Waals surface area contributed by atoms with Crippen molar-refractivity contribution in [3.8, 4) is 17.4 Å². The molecule has 0 spiro atoms. The maximum absolute atomic E-state index is 12.7. The van der Waals surface area contributed by atoms with E-state index in [4.69, 9.17) is 14.2 Å². The third-order valence-corrected chi connectivity index (χ3v) is 6.11. The van der Waals surface area contributed by atoms with E-state index in [0.717, 1.165) is 0 Å². The van der Waals surface area contributed by atoms with Crippen LogP contribution in [0.3, 0.4) is 0 Å². The molecule has 1 heterocycles. The summed E-state index contributed by atoms with van der Waals surface area (Å²) in [5.74, 6) is -0.420. The second-order valence-corrected chi connectivity index (χ2v) is 8.90. The van der Waals surface area contributed by atoms with Gasteiger partial charge in [0.25, 0.3) is 10.0 Å². The number of carbonyl (C=O) groups is 1.